The average Bonchev–Trinajstić information content (AvgIpc) is 3.25. The summed E-state index contributed by atoms with van der Waals surface area (Å²) in [6.45, 7) is 5.38. The number of carbonyl (C=O) groups is 1. The molecule has 0 aromatic heterocycles. The standard InChI is InChI=1S/C17H22F3NO2/c1-11(2)15(3,23)10-21-14(22)16(7-8-16)12-5-4-6-13(9-12)17(18,19)20/h4-6,9,11,23H,7-8,10H2,1-3H3,(H,21,22). The molecule has 128 valence electrons. The minimum atomic E-state index is -4.43. The third-order valence-electron chi connectivity index (χ3n) is 4.78. The highest BCUT2D eigenvalue weighted by Crippen LogP contribution is 2.49. The Hall–Kier alpha value is -1.56. The van der Waals surface area contributed by atoms with Gasteiger partial charge in [0.25, 0.3) is 0 Å². The third-order valence-corrected chi connectivity index (χ3v) is 4.78. The van der Waals surface area contributed by atoms with E-state index in [4.69, 9.17) is 0 Å². The number of amides is 1. The van der Waals surface area contributed by atoms with Crippen molar-refractivity contribution in [3.8, 4) is 0 Å². The van der Waals surface area contributed by atoms with Gasteiger partial charge in [-0.2, -0.15) is 13.2 Å². The van der Waals surface area contributed by atoms with Crippen LogP contribution in [0.4, 0.5) is 13.2 Å². The van der Waals surface area contributed by atoms with Crippen molar-refractivity contribution >= 4 is 5.91 Å². The second kappa shape index (κ2) is 5.82. The molecule has 3 nitrogen and oxygen atoms in total. The van der Waals surface area contributed by atoms with Gasteiger partial charge in [-0.1, -0.05) is 32.0 Å². The van der Waals surface area contributed by atoms with Crippen LogP contribution < -0.4 is 5.32 Å². The Morgan fingerprint density at radius 1 is 1.35 bits per heavy atom. The first kappa shape index (κ1) is 17.8. The lowest BCUT2D eigenvalue weighted by Crippen LogP contribution is -2.47. The van der Waals surface area contributed by atoms with Crippen LogP contribution in [0.1, 0.15) is 44.7 Å². The summed E-state index contributed by atoms with van der Waals surface area (Å²) in [4.78, 5) is 12.5. The van der Waals surface area contributed by atoms with Crippen molar-refractivity contribution in [1.82, 2.24) is 5.32 Å². The van der Waals surface area contributed by atoms with E-state index in [1.807, 2.05) is 13.8 Å². The van der Waals surface area contributed by atoms with Crippen molar-refractivity contribution in [3.05, 3.63) is 35.4 Å². The number of alkyl halides is 3. The molecule has 1 saturated carbocycles. The Balaban J connectivity index is 2.15. The summed E-state index contributed by atoms with van der Waals surface area (Å²) in [7, 11) is 0. The van der Waals surface area contributed by atoms with Crippen LogP contribution in [0.25, 0.3) is 0 Å². The third kappa shape index (κ3) is 3.68. The van der Waals surface area contributed by atoms with E-state index >= 15 is 0 Å². The van der Waals surface area contributed by atoms with Gasteiger partial charge in [0.05, 0.1) is 16.6 Å². The largest absolute Gasteiger partial charge is 0.416 e. The van der Waals surface area contributed by atoms with Crippen LogP contribution in [-0.2, 0) is 16.4 Å². The molecule has 1 aliphatic carbocycles. The van der Waals surface area contributed by atoms with Gasteiger partial charge in [0, 0.05) is 6.54 Å². The molecule has 1 aliphatic rings. The number of halogens is 3. The summed E-state index contributed by atoms with van der Waals surface area (Å²) in [5.41, 5.74) is -2.31. The van der Waals surface area contributed by atoms with E-state index < -0.39 is 22.8 Å². The first-order chi connectivity index (χ1) is 10.5. The number of aliphatic hydroxyl groups is 1. The van der Waals surface area contributed by atoms with Crippen LogP contribution in [0.3, 0.4) is 0 Å². The summed E-state index contributed by atoms with van der Waals surface area (Å²) in [6.07, 6.45) is -3.39. The monoisotopic (exact) mass is 329 g/mol. The van der Waals surface area contributed by atoms with Crippen molar-refractivity contribution in [2.24, 2.45) is 5.92 Å². The Morgan fingerprint density at radius 2 is 1.96 bits per heavy atom. The van der Waals surface area contributed by atoms with E-state index in [1.54, 1.807) is 13.0 Å². The van der Waals surface area contributed by atoms with E-state index in [0.29, 0.717) is 18.4 Å². The van der Waals surface area contributed by atoms with Crippen LogP contribution in [0.5, 0.6) is 0 Å². The molecule has 0 spiro atoms. The Morgan fingerprint density at radius 3 is 2.43 bits per heavy atom. The molecule has 0 bridgehead atoms. The molecule has 2 rings (SSSR count). The summed E-state index contributed by atoms with van der Waals surface area (Å²) >= 11 is 0. The maximum absolute atomic E-state index is 12.8. The number of nitrogens with one attached hydrogen (secondary N) is 1. The molecular formula is C17H22F3NO2. The molecule has 0 saturated heterocycles. The lowest BCUT2D eigenvalue weighted by Gasteiger charge is -2.29. The second-order valence-corrected chi connectivity index (χ2v) is 6.86. The lowest BCUT2D eigenvalue weighted by atomic mass is 9.90. The molecule has 1 unspecified atom stereocenters. The van der Waals surface area contributed by atoms with E-state index in [2.05, 4.69) is 5.32 Å². The molecule has 1 amide bonds. The maximum atomic E-state index is 12.8. The van der Waals surface area contributed by atoms with Crippen LogP contribution in [0.2, 0.25) is 0 Å². The molecule has 6 heteroatoms. The SMILES string of the molecule is CC(C)C(C)(O)CNC(=O)C1(c2cccc(C(F)(F)F)c2)CC1. The zero-order chi connectivity index (χ0) is 17.5. The lowest BCUT2D eigenvalue weighted by molar-refractivity contribution is -0.137. The highest BCUT2D eigenvalue weighted by atomic mass is 19.4. The average molecular weight is 329 g/mol. The number of carbonyl (C=O) groups excluding carboxylic acids is 1. The normalized spacial score (nSPS) is 19.3. The van der Waals surface area contributed by atoms with Gasteiger partial charge in [-0.05, 0) is 37.3 Å². The van der Waals surface area contributed by atoms with Gasteiger partial charge in [-0.25, -0.2) is 0 Å². The zero-order valence-corrected chi connectivity index (χ0v) is 13.5. The fourth-order valence-electron chi connectivity index (χ4n) is 2.40. The van der Waals surface area contributed by atoms with Gasteiger partial charge < -0.3 is 10.4 Å². The molecule has 23 heavy (non-hydrogen) atoms. The van der Waals surface area contributed by atoms with Gasteiger partial charge in [-0.15, -0.1) is 0 Å². The number of hydrogen-bond acceptors (Lipinski definition) is 2. The summed E-state index contributed by atoms with van der Waals surface area (Å²) in [6, 6.07) is 4.94. The summed E-state index contributed by atoms with van der Waals surface area (Å²) < 4.78 is 38.5. The molecule has 0 heterocycles. The number of benzene rings is 1. The molecule has 1 aromatic carbocycles. The molecule has 0 aliphatic heterocycles. The first-order valence-electron chi connectivity index (χ1n) is 7.67. The molecule has 1 fully saturated rings. The van der Waals surface area contributed by atoms with Crippen LogP contribution >= 0.6 is 0 Å². The second-order valence-electron chi connectivity index (χ2n) is 6.86. The number of rotatable bonds is 5. The highest BCUT2D eigenvalue weighted by Gasteiger charge is 2.52. The molecule has 1 atom stereocenters. The van der Waals surface area contributed by atoms with E-state index in [-0.39, 0.29) is 18.4 Å². The van der Waals surface area contributed by atoms with Gasteiger partial charge in [0.15, 0.2) is 0 Å². The smallest absolute Gasteiger partial charge is 0.388 e. The Labute approximate surface area is 133 Å². The topological polar surface area (TPSA) is 49.3 Å². The maximum Gasteiger partial charge on any atom is 0.416 e. The Kier molecular flexibility index (Phi) is 4.50. The fraction of sp³-hybridized carbons (Fsp3) is 0.588. The predicted molar refractivity (Wildman–Crippen MR) is 80.8 cm³/mol. The quantitative estimate of drug-likeness (QED) is 0.871. The van der Waals surface area contributed by atoms with E-state index in [0.717, 1.165) is 12.1 Å². The van der Waals surface area contributed by atoms with Gasteiger partial charge >= 0.3 is 6.18 Å². The van der Waals surface area contributed by atoms with E-state index in [1.165, 1.54) is 6.07 Å². The fourth-order valence-corrected chi connectivity index (χ4v) is 2.40. The minimum Gasteiger partial charge on any atom is -0.388 e. The number of hydrogen-bond donors (Lipinski definition) is 2. The molecule has 2 N–H and O–H groups in total. The Bertz CT molecular complexity index is 590. The van der Waals surface area contributed by atoms with Crippen LogP contribution in [0, 0.1) is 5.92 Å². The van der Waals surface area contributed by atoms with Crippen molar-refractivity contribution < 1.29 is 23.1 Å². The van der Waals surface area contributed by atoms with Crippen molar-refractivity contribution in [3.63, 3.8) is 0 Å². The van der Waals surface area contributed by atoms with Gasteiger partial charge in [0.2, 0.25) is 5.91 Å². The van der Waals surface area contributed by atoms with Crippen LogP contribution in [-0.4, -0.2) is 23.2 Å². The van der Waals surface area contributed by atoms with Gasteiger partial charge in [-0.3, -0.25) is 4.79 Å². The van der Waals surface area contributed by atoms with Crippen molar-refractivity contribution in [2.75, 3.05) is 6.54 Å². The van der Waals surface area contributed by atoms with Crippen molar-refractivity contribution in [2.45, 2.75) is 50.8 Å². The molecular weight excluding hydrogens is 307 g/mol. The van der Waals surface area contributed by atoms with Crippen molar-refractivity contribution in [1.29, 1.82) is 0 Å². The minimum absolute atomic E-state index is 0.0495. The first-order valence-corrected chi connectivity index (χ1v) is 7.67. The molecule has 1 aromatic rings. The van der Waals surface area contributed by atoms with Crippen LogP contribution in [0.15, 0.2) is 24.3 Å². The summed E-state index contributed by atoms with van der Waals surface area (Å²) in [5, 5.41) is 12.9. The predicted octanol–water partition coefficient (Wildman–Crippen LogP) is 3.26. The zero-order valence-electron chi connectivity index (χ0n) is 13.5. The van der Waals surface area contributed by atoms with E-state index in [9.17, 15) is 23.1 Å². The molecule has 0 radical (unpaired) electrons. The highest BCUT2D eigenvalue weighted by molar-refractivity contribution is 5.91. The van der Waals surface area contributed by atoms with Gasteiger partial charge in [0.1, 0.15) is 0 Å². The summed E-state index contributed by atoms with van der Waals surface area (Å²) in [5.74, 6) is -0.371.